The van der Waals surface area contributed by atoms with Crippen LogP contribution in [-0.2, 0) is 6.54 Å². The number of alkyl halides is 2. The van der Waals surface area contributed by atoms with Crippen molar-refractivity contribution in [3.8, 4) is 0 Å². The summed E-state index contributed by atoms with van der Waals surface area (Å²) < 4.78 is 24.2. The van der Waals surface area contributed by atoms with Crippen LogP contribution in [0.5, 0.6) is 0 Å². The summed E-state index contributed by atoms with van der Waals surface area (Å²) in [5, 5.41) is 0. The molecule has 1 aromatic carbocycles. The van der Waals surface area contributed by atoms with E-state index >= 15 is 0 Å². The van der Waals surface area contributed by atoms with Gasteiger partial charge >= 0.3 is 0 Å². The van der Waals surface area contributed by atoms with Crippen LogP contribution >= 0.6 is 0 Å². The molecule has 1 rings (SSSR count). The fourth-order valence-corrected chi connectivity index (χ4v) is 1.23. The zero-order valence-corrected chi connectivity index (χ0v) is 8.08. The van der Waals surface area contributed by atoms with Gasteiger partial charge in [-0.05, 0) is 17.7 Å². The summed E-state index contributed by atoms with van der Waals surface area (Å²) in [6.45, 7) is 0.171. The number of anilines is 1. The molecule has 0 unspecified atom stereocenters. The number of hydrogen-bond acceptors (Lipinski definition) is 2. The Balaban J connectivity index is 2.73. The molecule has 14 heavy (non-hydrogen) atoms. The third-order valence-corrected chi connectivity index (χ3v) is 2.00. The molecule has 0 saturated carbocycles. The Bertz CT molecular complexity index is 289. The Kier molecular flexibility index (Phi) is 3.83. The number of hydrogen-bond donors (Lipinski definition) is 1. The first kappa shape index (κ1) is 10.9. The van der Waals surface area contributed by atoms with Crippen LogP contribution in [0, 0.1) is 0 Å². The van der Waals surface area contributed by atoms with Crippen molar-refractivity contribution in [1.82, 2.24) is 0 Å². The molecular weight excluding hydrogens is 186 g/mol. The SMILES string of the molecule is CN(CC(F)F)c1cccc(CN)c1. The van der Waals surface area contributed by atoms with Crippen molar-refractivity contribution in [2.24, 2.45) is 5.73 Å². The molecule has 0 saturated heterocycles. The number of halogens is 2. The molecule has 4 heteroatoms. The summed E-state index contributed by atoms with van der Waals surface area (Å²) in [6, 6.07) is 7.31. The fourth-order valence-electron chi connectivity index (χ4n) is 1.23. The van der Waals surface area contributed by atoms with Crippen LogP contribution in [0.2, 0.25) is 0 Å². The van der Waals surface area contributed by atoms with E-state index in [-0.39, 0.29) is 6.54 Å². The van der Waals surface area contributed by atoms with Crippen molar-refractivity contribution in [3.05, 3.63) is 29.8 Å². The van der Waals surface area contributed by atoms with Crippen molar-refractivity contribution in [2.75, 3.05) is 18.5 Å². The smallest absolute Gasteiger partial charge is 0.255 e. The van der Waals surface area contributed by atoms with Crippen LogP contribution in [0.3, 0.4) is 0 Å². The van der Waals surface area contributed by atoms with Gasteiger partial charge in [-0.15, -0.1) is 0 Å². The molecule has 0 aliphatic heterocycles. The zero-order chi connectivity index (χ0) is 10.6. The molecular formula is C10H14F2N2. The molecule has 0 radical (unpaired) electrons. The van der Waals surface area contributed by atoms with Gasteiger partial charge in [-0.3, -0.25) is 0 Å². The third kappa shape index (κ3) is 2.96. The van der Waals surface area contributed by atoms with E-state index in [1.54, 1.807) is 13.1 Å². The van der Waals surface area contributed by atoms with Crippen LogP contribution in [0.4, 0.5) is 14.5 Å². The van der Waals surface area contributed by atoms with Crippen molar-refractivity contribution >= 4 is 5.69 Å². The lowest BCUT2D eigenvalue weighted by Gasteiger charge is -2.19. The number of nitrogens with zero attached hydrogens (tertiary/aromatic N) is 1. The average molecular weight is 200 g/mol. The maximum Gasteiger partial charge on any atom is 0.255 e. The first-order valence-corrected chi connectivity index (χ1v) is 4.41. The van der Waals surface area contributed by atoms with E-state index in [9.17, 15) is 8.78 Å². The second-order valence-electron chi connectivity index (χ2n) is 3.15. The summed E-state index contributed by atoms with van der Waals surface area (Å²) in [6.07, 6.45) is -2.32. The van der Waals surface area contributed by atoms with Gasteiger partial charge in [-0.25, -0.2) is 8.78 Å². The Hall–Kier alpha value is -1.16. The minimum absolute atomic E-state index is 0.256. The van der Waals surface area contributed by atoms with Gasteiger partial charge in [0.25, 0.3) is 6.43 Å². The average Bonchev–Trinajstić information content (AvgIpc) is 2.17. The van der Waals surface area contributed by atoms with E-state index < -0.39 is 6.43 Å². The minimum atomic E-state index is -2.32. The van der Waals surface area contributed by atoms with Gasteiger partial charge in [0.15, 0.2) is 0 Å². The lowest BCUT2D eigenvalue weighted by atomic mass is 10.2. The highest BCUT2D eigenvalue weighted by atomic mass is 19.3. The number of benzene rings is 1. The van der Waals surface area contributed by atoms with Crippen LogP contribution in [0.15, 0.2) is 24.3 Å². The molecule has 0 bridgehead atoms. The maximum absolute atomic E-state index is 12.1. The zero-order valence-electron chi connectivity index (χ0n) is 8.08. The Morgan fingerprint density at radius 2 is 2.14 bits per heavy atom. The monoisotopic (exact) mass is 200 g/mol. The normalized spacial score (nSPS) is 10.6. The van der Waals surface area contributed by atoms with E-state index in [2.05, 4.69) is 0 Å². The van der Waals surface area contributed by atoms with E-state index in [0.29, 0.717) is 6.54 Å². The molecule has 0 aromatic heterocycles. The summed E-state index contributed by atoms with van der Waals surface area (Å²) in [5.74, 6) is 0. The molecule has 2 N–H and O–H groups in total. The molecule has 78 valence electrons. The molecule has 0 aliphatic rings. The van der Waals surface area contributed by atoms with Crippen molar-refractivity contribution in [2.45, 2.75) is 13.0 Å². The molecule has 0 amide bonds. The van der Waals surface area contributed by atoms with E-state index in [1.165, 1.54) is 4.90 Å². The first-order chi connectivity index (χ1) is 6.63. The third-order valence-electron chi connectivity index (χ3n) is 2.00. The van der Waals surface area contributed by atoms with Crippen LogP contribution in [0.25, 0.3) is 0 Å². The standard InChI is InChI=1S/C10H14F2N2/c1-14(7-10(11)12)9-4-2-3-8(5-9)6-13/h2-5,10H,6-7,13H2,1H3. The van der Waals surface area contributed by atoms with Gasteiger partial charge in [0.05, 0.1) is 6.54 Å². The van der Waals surface area contributed by atoms with Gasteiger partial charge in [-0.1, -0.05) is 12.1 Å². The number of rotatable bonds is 4. The highest BCUT2D eigenvalue weighted by molar-refractivity contribution is 5.47. The Morgan fingerprint density at radius 3 is 2.71 bits per heavy atom. The van der Waals surface area contributed by atoms with Crippen molar-refractivity contribution < 1.29 is 8.78 Å². The fraction of sp³-hybridized carbons (Fsp3) is 0.400. The second kappa shape index (κ2) is 4.91. The molecule has 0 heterocycles. The summed E-state index contributed by atoms with van der Waals surface area (Å²) in [4.78, 5) is 1.52. The maximum atomic E-state index is 12.1. The first-order valence-electron chi connectivity index (χ1n) is 4.41. The summed E-state index contributed by atoms with van der Waals surface area (Å²) in [5.41, 5.74) is 7.17. The molecule has 0 fully saturated rings. The summed E-state index contributed by atoms with van der Waals surface area (Å²) >= 11 is 0. The van der Waals surface area contributed by atoms with E-state index in [0.717, 1.165) is 11.3 Å². The van der Waals surface area contributed by atoms with Crippen LogP contribution < -0.4 is 10.6 Å². The van der Waals surface area contributed by atoms with Crippen LogP contribution in [0.1, 0.15) is 5.56 Å². The quantitative estimate of drug-likeness (QED) is 0.803. The van der Waals surface area contributed by atoms with Crippen LogP contribution in [-0.4, -0.2) is 20.0 Å². The van der Waals surface area contributed by atoms with Gasteiger partial charge in [0, 0.05) is 19.3 Å². The minimum Gasteiger partial charge on any atom is -0.369 e. The Labute approximate surface area is 82.3 Å². The molecule has 2 nitrogen and oxygen atoms in total. The second-order valence-corrected chi connectivity index (χ2v) is 3.15. The molecule has 1 aromatic rings. The van der Waals surface area contributed by atoms with Crippen molar-refractivity contribution in [3.63, 3.8) is 0 Å². The van der Waals surface area contributed by atoms with Gasteiger partial charge in [-0.2, -0.15) is 0 Å². The largest absolute Gasteiger partial charge is 0.369 e. The van der Waals surface area contributed by atoms with Crippen molar-refractivity contribution in [1.29, 1.82) is 0 Å². The van der Waals surface area contributed by atoms with Gasteiger partial charge in [0.1, 0.15) is 0 Å². The van der Waals surface area contributed by atoms with E-state index in [1.807, 2.05) is 18.2 Å². The molecule has 0 spiro atoms. The van der Waals surface area contributed by atoms with Gasteiger partial charge in [0.2, 0.25) is 0 Å². The molecule has 0 aliphatic carbocycles. The predicted molar refractivity (Wildman–Crippen MR) is 53.6 cm³/mol. The number of nitrogens with two attached hydrogens (primary N) is 1. The lowest BCUT2D eigenvalue weighted by Crippen LogP contribution is -2.24. The highest BCUT2D eigenvalue weighted by Crippen LogP contribution is 2.15. The lowest BCUT2D eigenvalue weighted by molar-refractivity contribution is 0.156. The predicted octanol–water partition coefficient (Wildman–Crippen LogP) is 1.85. The van der Waals surface area contributed by atoms with E-state index in [4.69, 9.17) is 5.73 Å². The van der Waals surface area contributed by atoms with Gasteiger partial charge < -0.3 is 10.6 Å². The Morgan fingerprint density at radius 1 is 1.43 bits per heavy atom. The highest BCUT2D eigenvalue weighted by Gasteiger charge is 2.08. The topological polar surface area (TPSA) is 29.3 Å². The molecule has 0 atom stereocenters. The summed E-state index contributed by atoms with van der Waals surface area (Å²) in [7, 11) is 1.64.